The molecule has 0 fully saturated rings. The van der Waals surface area contributed by atoms with E-state index in [-0.39, 0.29) is 13.1 Å². The second-order valence-electron chi connectivity index (χ2n) is 4.29. The molecule has 0 saturated heterocycles. The van der Waals surface area contributed by atoms with Gasteiger partial charge in [0, 0.05) is 15.4 Å². The number of azide groups is 1. The van der Waals surface area contributed by atoms with Crippen LogP contribution in [0.2, 0.25) is 0 Å². The molecule has 23 heavy (non-hydrogen) atoms. The molecule has 1 aromatic heterocycles. The zero-order valence-electron chi connectivity index (χ0n) is 11.4. The summed E-state index contributed by atoms with van der Waals surface area (Å²) >= 11 is 1.16. The SMILES string of the molecule is [N-]=[N+]=NC(COC=O)c1scnc1-c1ccc(C(F)(F)F)cc1. The molecular weight excluding hydrogens is 333 g/mol. The molecule has 10 heteroatoms. The van der Waals surface area contributed by atoms with E-state index in [0.717, 1.165) is 23.5 Å². The van der Waals surface area contributed by atoms with E-state index in [4.69, 9.17) is 5.53 Å². The van der Waals surface area contributed by atoms with Crippen LogP contribution in [-0.4, -0.2) is 18.1 Å². The Morgan fingerprint density at radius 2 is 2.09 bits per heavy atom. The minimum absolute atomic E-state index is 0.177. The van der Waals surface area contributed by atoms with Gasteiger partial charge >= 0.3 is 6.18 Å². The molecule has 1 aromatic carbocycles. The fourth-order valence-electron chi connectivity index (χ4n) is 1.88. The van der Waals surface area contributed by atoms with E-state index in [1.165, 1.54) is 17.6 Å². The normalized spacial score (nSPS) is 12.3. The molecule has 6 nitrogen and oxygen atoms in total. The molecule has 2 aromatic rings. The van der Waals surface area contributed by atoms with Crippen molar-refractivity contribution in [1.29, 1.82) is 0 Å². The van der Waals surface area contributed by atoms with Gasteiger partial charge in [0.25, 0.3) is 6.47 Å². The fourth-order valence-corrected chi connectivity index (χ4v) is 2.71. The Morgan fingerprint density at radius 1 is 1.39 bits per heavy atom. The van der Waals surface area contributed by atoms with Gasteiger partial charge in [-0.3, -0.25) is 4.79 Å². The van der Waals surface area contributed by atoms with Crippen LogP contribution in [0.15, 0.2) is 34.9 Å². The highest BCUT2D eigenvalue weighted by molar-refractivity contribution is 7.10. The third kappa shape index (κ3) is 3.99. The maximum Gasteiger partial charge on any atom is 0.416 e. The van der Waals surface area contributed by atoms with E-state index >= 15 is 0 Å². The number of benzene rings is 1. The third-order valence-corrected chi connectivity index (χ3v) is 3.83. The molecule has 120 valence electrons. The van der Waals surface area contributed by atoms with Crippen molar-refractivity contribution in [2.75, 3.05) is 6.61 Å². The summed E-state index contributed by atoms with van der Waals surface area (Å²) in [6, 6.07) is 3.67. The van der Waals surface area contributed by atoms with Gasteiger partial charge in [-0.25, -0.2) is 4.98 Å². The minimum atomic E-state index is -4.42. The van der Waals surface area contributed by atoms with Crippen LogP contribution in [0.5, 0.6) is 0 Å². The Hall–Kier alpha value is -2.58. The largest absolute Gasteiger partial charge is 0.467 e. The minimum Gasteiger partial charge on any atom is -0.467 e. The quantitative estimate of drug-likeness (QED) is 0.338. The number of hydrogen-bond donors (Lipinski definition) is 0. The van der Waals surface area contributed by atoms with Crippen molar-refractivity contribution in [2.45, 2.75) is 12.2 Å². The number of nitrogens with zero attached hydrogens (tertiary/aromatic N) is 4. The van der Waals surface area contributed by atoms with Crippen molar-refractivity contribution in [2.24, 2.45) is 5.11 Å². The van der Waals surface area contributed by atoms with Crippen LogP contribution in [0.1, 0.15) is 16.5 Å². The number of aromatic nitrogens is 1. The van der Waals surface area contributed by atoms with Gasteiger partial charge in [0.2, 0.25) is 0 Å². The number of rotatable bonds is 6. The Balaban J connectivity index is 2.36. The molecule has 2 rings (SSSR count). The molecule has 0 saturated carbocycles. The van der Waals surface area contributed by atoms with Gasteiger partial charge in [0.15, 0.2) is 0 Å². The molecule has 0 aliphatic rings. The Morgan fingerprint density at radius 3 is 2.65 bits per heavy atom. The van der Waals surface area contributed by atoms with E-state index in [1.807, 2.05) is 0 Å². The molecular formula is C13H9F3N4O2S. The van der Waals surface area contributed by atoms with Crippen molar-refractivity contribution in [3.8, 4) is 11.3 Å². The van der Waals surface area contributed by atoms with E-state index in [9.17, 15) is 18.0 Å². The lowest BCUT2D eigenvalue weighted by Gasteiger charge is -2.11. The zero-order chi connectivity index (χ0) is 16.9. The molecule has 0 bridgehead atoms. The first-order valence-electron chi connectivity index (χ1n) is 6.18. The van der Waals surface area contributed by atoms with Crippen LogP contribution in [0.4, 0.5) is 13.2 Å². The molecule has 0 spiro atoms. The van der Waals surface area contributed by atoms with Gasteiger partial charge in [-0.2, -0.15) is 13.2 Å². The first-order valence-corrected chi connectivity index (χ1v) is 7.05. The van der Waals surface area contributed by atoms with Crippen molar-refractivity contribution in [3.05, 3.63) is 50.7 Å². The number of alkyl halides is 3. The fraction of sp³-hybridized carbons (Fsp3) is 0.231. The molecule has 1 atom stereocenters. The Labute approximate surface area is 132 Å². The monoisotopic (exact) mass is 342 g/mol. The highest BCUT2D eigenvalue weighted by Crippen LogP contribution is 2.35. The van der Waals surface area contributed by atoms with Gasteiger partial charge < -0.3 is 4.74 Å². The predicted octanol–water partition coefficient (Wildman–Crippen LogP) is 4.35. The average Bonchev–Trinajstić information content (AvgIpc) is 3.00. The summed E-state index contributed by atoms with van der Waals surface area (Å²) in [5, 5.41) is 3.53. The van der Waals surface area contributed by atoms with Gasteiger partial charge in [-0.05, 0) is 17.7 Å². The second-order valence-corrected chi connectivity index (χ2v) is 5.18. The van der Waals surface area contributed by atoms with Crippen molar-refractivity contribution >= 4 is 17.8 Å². The first-order chi connectivity index (χ1) is 11.0. The third-order valence-electron chi connectivity index (χ3n) is 2.90. The van der Waals surface area contributed by atoms with Crippen molar-refractivity contribution < 1.29 is 22.7 Å². The van der Waals surface area contributed by atoms with Gasteiger partial charge in [0.1, 0.15) is 12.6 Å². The Kier molecular flexibility index (Phi) is 5.20. The lowest BCUT2D eigenvalue weighted by molar-refractivity contribution is -0.137. The van der Waals surface area contributed by atoms with E-state index < -0.39 is 17.8 Å². The number of ether oxygens (including phenoxy) is 1. The van der Waals surface area contributed by atoms with Crippen LogP contribution < -0.4 is 0 Å². The Bertz CT molecular complexity index is 724. The molecule has 1 heterocycles. The van der Waals surface area contributed by atoms with Crippen molar-refractivity contribution in [1.82, 2.24) is 4.98 Å². The van der Waals surface area contributed by atoms with Crippen LogP contribution in [-0.2, 0) is 15.7 Å². The molecule has 0 N–H and O–H groups in total. The van der Waals surface area contributed by atoms with Crippen LogP contribution in [0.3, 0.4) is 0 Å². The molecule has 0 radical (unpaired) electrons. The highest BCUT2D eigenvalue weighted by atomic mass is 32.1. The second kappa shape index (κ2) is 7.12. The van der Waals surface area contributed by atoms with E-state index in [1.54, 1.807) is 0 Å². The van der Waals surface area contributed by atoms with Crippen LogP contribution in [0.25, 0.3) is 21.7 Å². The molecule has 1 unspecified atom stereocenters. The molecule has 0 amide bonds. The summed E-state index contributed by atoms with van der Waals surface area (Å²) in [7, 11) is 0. The summed E-state index contributed by atoms with van der Waals surface area (Å²) in [6.45, 7) is 0.0438. The summed E-state index contributed by atoms with van der Waals surface area (Å²) in [4.78, 5) is 17.6. The topological polar surface area (TPSA) is 88.0 Å². The summed E-state index contributed by atoms with van der Waals surface area (Å²) in [5.74, 6) is 0. The van der Waals surface area contributed by atoms with Gasteiger partial charge in [-0.15, -0.1) is 11.3 Å². The van der Waals surface area contributed by atoms with Gasteiger partial charge in [-0.1, -0.05) is 17.2 Å². The number of carbonyl (C=O) groups is 1. The lowest BCUT2D eigenvalue weighted by Crippen LogP contribution is -2.05. The summed E-state index contributed by atoms with van der Waals surface area (Å²) in [5.41, 5.74) is 10.1. The highest BCUT2D eigenvalue weighted by Gasteiger charge is 2.30. The number of carbonyl (C=O) groups excluding carboxylic acids is 1. The first kappa shape index (κ1) is 16.8. The smallest absolute Gasteiger partial charge is 0.416 e. The zero-order valence-corrected chi connectivity index (χ0v) is 12.2. The van der Waals surface area contributed by atoms with E-state index in [2.05, 4.69) is 19.7 Å². The van der Waals surface area contributed by atoms with E-state index in [0.29, 0.717) is 16.1 Å². The lowest BCUT2D eigenvalue weighted by atomic mass is 10.1. The summed E-state index contributed by atoms with van der Waals surface area (Å²) in [6.07, 6.45) is -4.42. The predicted molar refractivity (Wildman–Crippen MR) is 76.5 cm³/mol. The molecule has 0 aliphatic carbocycles. The number of halogens is 3. The number of thiazole rings is 1. The standard InChI is InChI=1S/C13H9F3N4O2S/c14-13(15,16)9-3-1-8(2-4-9)11-12(23-6-18-11)10(19-20-17)5-22-7-21/h1-4,6-7,10H,5H2. The maximum atomic E-state index is 12.6. The van der Waals surface area contributed by atoms with Gasteiger partial charge in [0.05, 0.1) is 16.8 Å². The summed E-state index contributed by atoms with van der Waals surface area (Å²) < 4.78 is 42.4. The molecule has 0 aliphatic heterocycles. The van der Waals surface area contributed by atoms with Crippen LogP contribution in [0, 0.1) is 0 Å². The maximum absolute atomic E-state index is 12.6. The van der Waals surface area contributed by atoms with Crippen LogP contribution >= 0.6 is 11.3 Å². The van der Waals surface area contributed by atoms with Crippen molar-refractivity contribution in [3.63, 3.8) is 0 Å². The number of hydrogen-bond acceptors (Lipinski definition) is 5. The average molecular weight is 342 g/mol.